The highest BCUT2D eigenvalue weighted by Gasteiger charge is 2.24. The van der Waals surface area contributed by atoms with Crippen LogP contribution in [0.4, 0.5) is 0 Å². The first-order valence-corrected chi connectivity index (χ1v) is 15.0. The summed E-state index contributed by atoms with van der Waals surface area (Å²) in [4.78, 5) is 32.8. The molecule has 2 N–H and O–H groups in total. The van der Waals surface area contributed by atoms with Crippen LogP contribution < -0.4 is 10.6 Å². The van der Waals surface area contributed by atoms with Crippen molar-refractivity contribution in [1.29, 1.82) is 5.26 Å². The molecule has 0 aliphatic carbocycles. The van der Waals surface area contributed by atoms with Crippen molar-refractivity contribution in [2.45, 2.75) is 65.7 Å². The molecule has 0 aliphatic heterocycles. The molecule has 43 heavy (non-hydrogen) atoms. The Morgan fingerprint density at radius 3 is 2.44 bits per heavy atom. The minimum absolute atomic E-state index is 0.0313. The summed E-state index contributed by atoms with van der Waals surface area (Å²) < 4.78 is 1.96. The van der Waals surface area contributed by atoms with Crippen LogP contribution in [0.15, 0.2) is 79.3 Å². The van der Waals surface area contributed by atoms with Crippen LogP contribution in [0.1, 0.15) is 56.5 Å². The van der Waals surface area contributed by atoms with Crippen LogP contribution in [0, 0.1) is 17.2 Å². The topological polar surface area (TPSA) is 103 Å². The summed E-state index contributed by atoms with van der Waals surface area (Å²) in [5.41, 5.74) is 3.60. The van der Waals surface area contributed by atoms with E-state index in [0.717, 1.165) is 28.6 Å². The zero-order valence-electron chi connectivity index (χ0n) is 25.6. The summed E-state index contributed by atoms with van der Waals surface area (Å²) in [6, 6.07) is 24.0. The number of carbonyl (C=O) groups excluding carboxylic acids is 2. The van der Waals surface area contributed by atoms with Crippen LogP contribution in [0.25, 0.3) is 10.8 Å². The minimum Gasteiger partial charge on any atom is -0.353 e. The Kier molecular flexibility index (Phi) is 11.1. The number of fused-ring (bicyclic) bond motifs is 1. The predicted octanol–water partition coefficient (Wildman–Crippen LogP) is 5.06. The molecule has 3 aromatic carbocycles. The molecule has 0 saturated heterocycles. The molecule has 0 radical (unpaired) electrons. The summed E-state index contributed by atoms with van der Waals surface area (Å²) >= 11 is 0. The van der Waals surface area contributed by atoms with Crippen molar-refractivity contribution in [3.05, 3.63) is 102 Å². The van der Waals surface area contributed by atoms with E-state index in [1.807, 2.05) is 42.7 Å². The number of amides is 2. The van der Waals surface area contributed by atoms with Crippen LogP contribution in [0.3, 0.4) is 0 Å². The molecule has 0 unspecified atom stereocenters. The standard InChI is InChI=1S/C35H42N6O2/c1-5-26(4)33(39-34(42)17-31-19-37-24-41(31)20-28-15-13-27(18-36)14-16-28)22-40(23-35(43)38-25(2)3)21-30-11-8-10-29-9-6-7-12-32(29)30/h6-16,19,24-26,33H,5,17,20-23H2,1-4H3,(H,38,43)(H,39,42)/t26-,33+/m0/s1. The lowest BCUT2D eigenvalue weighted by molar-refractivity contribution is -0.123. The van der Waals surface area contributed by atoms with Gasteiger partial charge >= 0.3 is 0 Å². The van der Waals surface area contributed by atoms with E-state index >= 15 is 0 Å². The van der Waals surface area contributed by atoms with Crippen molar-refractivity contribution < 1.29 is 9.59 Å². The summed E-state index contributed by atoms with van der Waals surface area (Å²) in [6.07, 6.45) is 4.54. The van der Waals surface area contributed by atoms with E-state index in [-0.39, 0.29) is 42.8 Å². The van der Waals surface area contributed by atoms with Gasteiger partial charge in [-0.2, -0.15) is 5.26 Å². The van der Waals surface area contributed by atoms with Crippen molar-refractivity contribution in [2.24, 2.45) is 5.92 Å². The van der Waals surface area contributed by atoms with Gasteiger partial charge in [-0.15, -0.1) is 0 Å². The largest absolute Gasteiger partial charge is 0.353 e. The van der Waals surface area contributed by atoms with Crippen LogP contribution >= 0.6 is 0 Å². The quantitative estimate of drug-likeness (QED) is 0.218. The van der Waals surface area contributed by atoms with Crippen molar-refractivity contribution in [3.8, 4) is 6.07 Å². The summed E-state index contributed by atoms with van der Waals surface area (Å²) in [6.45, 7) is 10.1. The van der Waals surface area contributed by atoms with Gasteiger partial charge in [0.25, 0.3) is 0 Å². The van der Waals surface area contributed by atoms with Gasteiger partial charge in [-0.3, -0.25) is 14.5 Å². The Hall–Kier alpha value is -4.48. The van der Waals surface area contributed by atoms with Crippen molar-refractivity contribution in [2.75, 3.05) is 13.1 Å². The molecule has 0 aliphatic rings. The second kappa shape index (κ2) is 15.1. The molecule has 0 spiro atoms. The van der Waals surface area contributed by atoms with Crippen LogP contribution in [0.2, 0.25) is 0 Å². The number of hydrogen-bond acceptors (Lipinski definition) is 5. The molecule has 0 bridgehead atoms. The lowest BCUT2D eigenvalue weighted by Crippen LogP contribution is -2.50. The lowest BCUT2D eigenvalue weighted by Gasteiger charge is -2.31. The third-order valence-corrected chi connectivity index (χ3v) is 7.80. The summed E-state index contributed by atoms with van der Waals surface area (Å²) in [5, 5.41) is 17.7. The fourth-order valence-corrected chi connectivity index (χ4v) is 5.30. The Labute approximate surface area is 254 Å². The number of benzene rings is 3. The molecule has 8 heteroatoms. The van der Waals surface area contributed by atoms with E-state index < -0.39 is 0 Å². The first-order chi connectivity index (χ1) is 20.7. The molecule has 4 rings (SSSR count). The van der Waals surface area contributed by atoms with E-state index in [1.54, 1.807) is 24.7 Å². The van der Waals surface area contributed by atoms with Crippen molar-refractivity contribution >= 4 is 22.6 Å². The molecule has 8 nitrogen and oxygen atoms in total. The maximum Gasteiger partial charge on any atom is 0.234 e. The van der Waals surface area contributed by atoms with E-state index in [2.05, 4.69) is 70.8 Å². The second-order valence-electron chi connectivity index (χ2n) is 11.6. The normalized spacial score (nSPS) is 12.7. The zero-order chi connectivity index (χ0) is 30.8. The predicted molar refractivity (Wildman–Crippen MR) is 170 cm³/mol. The van der Waals surface area contributed by atoms with Gasteiger partial charge in [0.1, 0.15) is 0 Å². The number of hydrogen-bond donors (Lipinski definition) is 2. The highest BCUT2D eigenvalue weighted by molar-refractivity contribution is 5.85. The van der Waals surface area contributed by atoms with Gasteiger partial charge in [-0.1, -0.05) is 74.9 Å². The van der Waals surface area contributed by atoms with Gasteiger partial charge in [0.15, 0.2) is 0 Å². The second-order valence-corrected chi connectivity index (χ2v) is 11.6. The van der Waals surface area contributed by atoms with Crippen LogP contribution in [-0.4, -0.2) is 51.4 Å². The van der Waals surface area contributed by atoms with E-state index in [9.17, 15) is 9.59 Å². The van der Waals surface area contributed by atoms with Gasteiger partial charge in [0, 0.05) is 43.6 Å². The summed E-state index contributed by atoms with van der Waals surface area (Å²) in [7, 11) is 0. The van der Waals surface area contributed by atoms with Crippen LogP contribution in [0.5, 0.6) is 0 Å². The molecular weight excluding hydrogens is 536 g/mol. The van der Waals surface area contributed by atoms with Gasteiger partial charge in [-0.05, 0) is 53.8 Å². The van der Waals surface area contributed by atoms with E-state index in [1.165, 1.54) is 5.39 Å². The van der Waals surface area contributed by atoms with Crippen LogP contribution in [-0.2, 0) is 29.1 Å². The maximum absolute atomic E-state index is 13.4. The lowest BCUT2D eigenvalue weighted by atomic mass is 9.97. The third-order valence-electron chi connectivity index (χ3n) is 7.80. The van der Waals surface area contributed by atoms with E-state index in [0.29, 0.717) is 25.2 Å². The number of carbonyl (C=O) groups is 2. The first kappa shape index (κ1) is 31.5. The fourth-order valence-electron chi connectivity index (χ4n) is 5.30. The fraction of sp³-hybridized carbons (Fsp3) is 0.371. The molecule has 0 fully saturated rings. The Bertz CT molecular complexity index is 1550. The molecule has 0 saturated carbocycles. The molecule has 2 amide bonds. The molecule has 1 aromatic heterocycles. The number of nitriles is 1. The number of aromatic nitrogens is 2. The number of rotatable bonds is 14. The third kappa shape index (κ3) is 9.00. The zero-order valence-corrected chi connectivity index (χ0v) is 25.6. The van der Waals surface area contributed by atoms with E-state index in [4.69, 9.17) is 5.26 Å². The Balaban J connectivity index is 1.49. The number of nitrogens with one attached hydrogen (secondary N) is 2. The summed E-state index contributed by atoms with van der Waals surface area (Å²) in [5.74, 6) is 0.0930. The molecule has 2 atom stereocenters. The number of imidazole rings is 1. The minimum atomic E-state index is -0.144. The Morgan fingerprint density at radius 1 is 0.977 bits per heavy atom. The SMILES string of the molecule is CC[C@H](C)[C@@H](CN(CC(=O)NC(C)C)Cc1cccc2ccccc12)NC(=O)Cc1cncn1Cc1ccc(C#N)cc1. The molecule has 224 valence electrons. The smallest absolute Gasteiger partial charge is 0.234 e. The van der Waals surface area contributed by atoms with Crippen molar-refractivity contribution in [3.63, 3.8) is 0 Å². The van der Waals surface area contributed by atoms with Gasteiger partial charge < -0.3 is 15.2 Å². The molecule has 4 aromatic rings. The molecular formula is C35H42N6O2. The monoisotopic (exact) mass is 578 g/mol. The number of nitrogens with zero attached hydrogens (tertiary/aromatic N) is 4. The Morgan fingerprint density at radius 2 is 1.72 bits per heavy atom. The highest BCUT2D eigenvalue weighted by atomic mass is 16.2. The average molecular weight is 579 g/mol. The van der Waals surface area contributed by atoms with Crippen molar-refractivity contribution in [1.82, 2.24) is 25.1 Å². The van der Waals surface area contributed by atoms with Gasteiger partial charge in [0.05, 0.1) is 30.9 Å². The average Bonchev–Trinajstić information content (AvgIpc) is 3.42. The first-order valence-electron chi connectivity index (χ1n) is 15.0. The van der Waals surface area contributed by atoms with Gasteiger partial charge in [0.2, 0.25) is 11.8 Å². The maximum atomic E-state index is 13.4. The molecule has 1 heterocycles. The van der Waals surface area contributed by atoms with Gasteiger partial charge in [-0.25, -0.2) is 4.98 Å². The highest BCUT2D eigenvalue weighted by Crippen LogP contribution is 2.21.